The van der Waals surface area contributed by atoms with Crippen LogP contribution in [0.5, 0.6) is 17.2 Å². The van der Waals surface area contributed by atoms with Crippen LogP contribution in [0, 0.1) is 20.8 Å². The molecule has 10 nitrogen and oxygen atoms in total. The average molecular weight is 699 g/mol. The number of hydrogen-bond donors (Lipinski definition) is 1. The van der Waals surface area contributed by atoms with E-state index in [9.17, 15) is 21.6 Å². The average Bonchev–Trinajstić information content (AvgIpc) is 3.52. The van der Waals surface area contributed by atoms with Crippen LogP contribution in [0.4, 0.5) is 5.69 Å². The van der Waals surface area contributed by atoms with Crippen LogP contribution in [0.15, 0.2) is 113 Å². The van der Waals surface area contributed by atoms with E-state index >= 15 is 0 Å². The van der Waals surface area contributed by atoms with E-state index in [1.54, 1.807) is 36.4 Å². The van der Waals surface area contributed by atoms with E-state index in [0.717, 1.165) is 33.9 Å². The van der Waals surface area contributed by atoms with E-state index in [2.05, 4.69) is 0 Å². The quantitative estimate of drug-likeness (QED) is 0.128. The topological polar surface area (TPSA) is 142 Å². The SMILES string of the molecule is Cc1ccc(S(=O)(=O)Oc2cc(OS(=O)(=O)c3ccc(C)cc3)c(C(=O)N3Cc4cccc(N)c4C3)c(OCc3ccccc3)c2C)cc1. The molecule has 0 saturated carbocycles. The highest BCUT2D eigenvalue weighted by Gasteiger charge is 2.35. The van der Waals surface area contributed by atoms with Crippen molar-refractivity contribution in [2.24, 2.45) is 0 Å². The molecule has 0 unspecified atom stereocenters. The lowest BCUT2D eigenvalue weighted by atomic mass is 10.1. The standard InChI is InChI=1S/C37H34N2O8S2/c1-24-12-16-29(17-13-24)48(41,42)46-33-20-34(47-49(43,44)30-18-14-25(2)15-19-30)35(36(26(33)3)45-23-27-8-5-4-6-9-27)37(40)39-21-28-10-7-11-32(38)31(28)22-39/h4-20H,21-23,38H2,1-3H3. The number of fused-ring (bicyclic) bond motifs is 1. The molecule has 1 amide bonds. The number of amides is 1. The Balaban J connectivity index is 1.51. The van der Waals surface area contributed by atoms with E-state index in [4.69, 9.17) is 18.8 Å². The van der Waals surface area contributed by atoms with Crippen LogP contribution >= 0.6 is 0 Å². The molecule has 49 heavy (non-hydrogen) atoms. The summed E-state index contributed by atoms with van der Waals surface area (Å²) in [5, 5.41) is 0. The number of nitrogen functional groups attached to an aromatic ring is 1. The molecule has 1 heterocycles. The first kappa shape index (κ1) is 33.6. The van der Waals surface area contributed by atoms with Crippen LogP contribution in [-0.4, -0.2) is 27.6 Å². The number of ether oxygens (including phenoxy) is 1. The Bertz CT molecular complexity index is 2260. The summed E-state index contributed by atoms with van der Waals surface area (Å²) in [6, 6.07) is 27.7. The summed E-state index contributed by atoms with van der Waals surface area (Å²) in [4.78, 5) is 15.7. The van der Waals surface area contributed by atoms with Crippen LogP contribution in [0.25, 0.3) is 0 Å². The number of rotatable bonds is 10. The first-order valence-electron chi connectivity index (χ1n) is 15.3. The lowest BCUT2D eigenvalue weighted by Gasteiger charge is -2.23. The fourth-order valence-electron chi connectivity index (χ4n) is 5.47. The summed E-state index contributed by atoms with van der Waals surface area (Å²) in [6.07, 6.45) is 0. The highest BCUT2D eigenvalue weighted by Crippen LogP contribution is 2.43. The number of anilines is 1. The molecule has 0 bridgehead atoms. The van der Waals surface area contributed by atoms with Gasteiger partial charge in [-0.25, -0.2) is 0 Å². The van der Waals surface area contributed by atoms with E-state index in [0.29, 0.717) is 5.69 Å². The Morgan fingerprint density at radius 2 is 1.29 bits per heavy atom. The van der Waals surface area contributed by atoms with Crippen molar-refractivity contribution in [3.05, 3.63) is 142 Å². The lowest BCUT2D eigenvalue weighted by molar-refractivity contribution is 0.0744. The molecular formula is C37H34N2O8S2. The van der Waals surface area contributed by atoms with Gasteiger partial charge in [0.15, 0.2) is 11.5 Å². The van der Waals surface area contributed by atoms with Crippen molar-refractivity contribution in [2.45, 2.75) is 50.3 Å². The van der Waals surface area contributed by atoms with Gasteiger partial charge in [0.05, 0.1) is 0 Å². The zero-order valence-corrected chi connectivity index (χ0v) is 28.7. The largest absolute Gasteiger partial charge is 0.487 e. The Hall–Kier alpha value is -5.33. The normalized spacial score (nSPS) is 12.8. The molecule has 5 aromatic carbocycles. The number of nitrogens with zero attached hydrogens (tertiary/aromatic N) is 1. The van der Waals surface area contributed by atoms with Crippen LogP contribution < -0.4 is 18.8 Å². The maximum atomic E-state index is 14.5. The Morgan fingerprint density at radius 3 is 1.86 bits per heavy atom. The van der Waals surface area contributed by atoms with Crippen molar-refractivity contribution in [1.29, 1.82) is 0 Å². The van der Waals surface area contributed by atoms with Crippen molar-refractivity contribution in [3.63, 3.8) is 0 Å². The summed E-state index contributed by atoms with van der Waals surface area (Å²) in [5.74, 6) is -1.44. The molecule has 0 fully saturated rings. The van der Waals surface area contributed by atoms with Crippen LogP contribution in [0.2, 0.25) is 0 Å². The minimum absolute atomic E-state index is 0.0343. The Kier molecular flexibility index (Phi) is 9.10. The number of nitrogens with two attached hydrogens (primary N) is 1. The van der Waals surface area contributed by atoms with Crippen LogP contribution in [-0.2, 0) is 39.9 Å². The summed E-state index contributed by atoms with van der Waals surface area (Å²) >= 11 is 0. The summed E-state index contributed by atoms with van der Waals surface area (Å²) in [5.41, 5.74) is 10.7. The summed E-state index contributed by atoms with van der Waals surface area (Å²) < 4.78 is 72.0. The molecular weight excluding hydrogens is 665 g/mol. The molecule has 1 aliphatic heterocycles. The van der Waals surface area contributed by atoms with E-state index in [-0.39, 0.29) is 52.1 Å². The minimum Gasteiger partial charge on any atom is -0.487 e. The molecule has 252 valence electrons. The molecule has 6 rings (SSSR count). The van der Waals surface area contributed by atoms with Crippen LogP contribution in [0.3, 0.4) is 0 Å². The van der Waals surface area contributed by atoms with E-state index in [1.807, 2.05) is 50.2 Å². The summed E-state index contributed by atoms with van der Waals surface area (Å²) in [6.45, 7) is 5.48. The number of aryl methyl sites for hydroxylation is 2. The fourth-order valence-corrected chi connectivity index (χ4v) is 7.38. The molecule has 12 heteroatoms. The first-order valence-corrected chi connectivity index (χ1v) is 18.2. The smallest absolute Gasteiger partial charge is 0.339 e. The van der Waals surface area contributed by atoms with Gasteiger partial charge < -0.3 is 23.7 Å². The molecule has 0 spiro atoms. The van der Waals surface area contributed by atoms with Crippen molar-refractivity contribution < 1.29 is 34.7 Å². The zero-order valence-electron chi connectivity index (χ0n) is 27.0. The molecule has 0 radical (unpaired) electrons. The van der Waals surface area contributed by atoms with Gasteiger partial charge in [0.1, 0.15) is 27.7 Å². The third-order valence-corrected chi connectivity index (χ3v) is 10.7. The molecule has 0 atom stereocenters. The van der Waals surface area contributed by atoms with Gasteiger partial charge in [-0.2, -0.15) is 16.8 Å². The second kappa shape index (κ2) is 13.3. The molecule has 2 N–H and O–H groups in total. The van der Waals surface area contributed by atoms with Crippen LogP contribution in [0.1, 0.15) is 43.7 Å². The van der Waals surface area contributed by atoms with Gasteiger partial charge in [-0.1, -0.05) is 77.9 Å². The Labute approximate surface area is 285 Å². The second-order valence-electron chi connectivity index (χ2n) is 11.8. The Morgan fingerprint density at radius 1 is 0.714 bits per heavy atom. The van der Waals surface area contributed by atoms with Crippen molar-refractivity contribution in [3.8, 4) is 17.2 Å². The van der Waals surface area contributed by atoms with Gasteiger partial charge in [0.2, 0.25) is 0 Å². The highest BCUT2D eigenvalue weighted by atomic mass is 32.2. The molecule has 0 aliphatic carbocycles. The first-order chi connectivity index (χ1) is 23.3. The highest BCUT2D eigenvalue weighted by molar-refractivity contribution is 7.87. The van der Waals surface area contributed by atoms with Crippen molar-refractivity contribution in [1.82, 2.24) is 4.90 Å². The predicted octanol–water partition coefficient (Wildman–Crippen LogP) is 6.46. The van der Waals surface area contributed by atoms with E-state index in [1.165, 1.54) is 36.1 Å². The molecule has 5 aromatic rings. The monoisotopic (exact) mass is 698 g/mol. The van der Waals surface area contributed by atoms with Gasteiger partial charge in [0, 0.05) is 30.4 Å². The number of carbonyl (C=O) groups is 1. The van der Waals surface area contributed by atoms with Gasteiger partial charge in [-0.05, 0) is 67.8 Å². The molecule has 0 aromatic heterocycles. The van der Waals surface area contributed by atoms with Gasteiger partial charge >= 0.3 is 20.2 Å². The second-order valence-corrected chi connectivity index (χ2v) is 14.9. The van der Waals surface area contributed by atoms with Gasteiger partial charge in [0.25, 0.3) is 5.91 Å². The number of carbonyl (C=O) groups excluding carboxylic acids is 1. The lowest BCUT2D eigenvalue weighted by Crippen LogP contribution is -2.27. The summed E-state index contributed by atoms with van der Waals surface area (Å²) in [7, 11) is -8.95. The maximum Gasteiger partial charge on any atom is 0.339 e. The third kappa shape index (κ3) is 7.10. The van der Waals surface area contributed by atoms with Crippen molar-refractivity contribution in [2.75, 3.05) is 5.73 Å². The number of benzene rings is 5. The minimum atomic E-state index is -4.54. The molecule has 1 aliphatic rings. The zero-order chi connectivity index (χ0) is 34.9. The van der Waals surface area contributed by atoms with Crippen molar-refractivity contribution >= 4 is 31.8 Å². The third-order valence-electron chi connectivity index (χ3n) is 8.21. The van der Waals surface area contributed by atoms with Gasteiger partial charge in [-0.15, -0.1) is 0 Å². The fraction of sp³-hybridized carbons (Fsp3) is 0.162. The molecule has 0 saturated heterocycles. The maximum absolute atomic E-state index is 14.5. The number of hydrogen-bond acceptors (Lipinski definition) is 9. The van der Waals surface area contributed by atoms with Gasteiger partial charge in [-0.3, -0.25) is 4.79 Å². The van der Waals surface area contributed by atoms with E-state index < -0.39 is 31.9 Å². The predicted molar refractivity (Wildman–Crippen MR) is 184 cm³/mol.